The van der Waals surface area contributed by atoms with Crippen molar-refractivity contribution in [2.45, 2.75) is 0 Å². The van der Waals surface area contributed by atoms with E-state index in [0.717, 1.165) is 0 Å². The van der Waals surface area contributed by atoms with Gasteiger partial charge in [0.2, 0.25) is 0 Å². The molecule has 0 radical (unpaired) electrons. The summed E-state index contributed by atoms with van der Waals surface area (Å²) in [5, 5.41) is 10.6. The number of aliphatic hydroxyl groups is 1. The Hall–Kier alpha value is -2.88. The minimum absolute atomic E-state index is 0.0593. The maximum Gasteiger partial charge on any atom is 0.259 e. The van der Waals surface area contributed by atoms with Crippen molar-refractivity contribution in [1.82, 2.24) is 9.97 Å². The molecule has 0 unspecified atom stereocenters. The fourth-order valence-corrected chi connectivity index (χ4v) is 1.99. The van der Waals surface area contributed by atoms with Crippen LogP contribution in [0.5, 0.6) is 0 Å². The number of nitrogens with one attached hydrogen (secondary N) is 1. The molecule has 1 aromatic heterocycles. The number of benzene rings is 2. The molecule has 3 aromatic rings. The summed E-state index contributed by atoms with van der Waals surface area (Å²) in [5.74, 6) is 0.388. The monoisotopic (exact) mass is 264 g/mol. The molecule has 0 aliphatic heterocycles. The molecule has 4 heteroatoms. The first-order valence-electron chi connectivity index (χ1n) is 6.19. The smallest absolute Gasteiger partial charge is 0.259 e. The van der Waals surface area contributed by atoms with Gasteiger partial charge in [0, 0.05) is 11.6 Å². The maximum absolute atomic E-state index is 11.9. The minimum atomic E-state index is -0.220. The highest BCUT2D eigenvalue weighted by Gasteiger charge is 2.03. The minimum Gasteiger partial charge on any atom is -0.507 e. The molecule has 98 valence electrons. The van der Waals surface area contributed by atoms with Crippen LogP contribution in [0.2, 0.25) is 0 Å². The lowest BCUT2D eigenvalue weighted by Gasteiger charge is -2.01. The highest BCUT2D eigenvalue weighted by Crippen LogP contribution is 2.14. The Kier molecular flexibility index (Phi) is 3.05. The zero-order valence-electron chi connectivity index (χ0n) is 10.6. The van der Waals surface area contributed by atoms with Gasteiger partial charge >= 0.3 is 0 Å². The van der Waals surface area contributed by atoms with Gasteiger partial charge in [-0.15, -0.1) is 0 Å². The number of nitrogens with zero attached hydrogens (tertiary/aromatic N) is 1. The second-order valence-corrected chi connectivity index (χ2v) is 4.36. The number of rotatable bonds is 2. The van der Waals surface area contributed by atoms with Crippen LogP contribution >= 0.6 is 0 Å². The lowest BCUT2D eigenvalue weighted by atomic mass is 10.2. The molecule has 0 amide bonds. The fourth-order valence-electron chi connectivity index (χ4n) is 1.99. The van der Waals surface area contributed by atoms with Gasteiger partial charge < -0.3 is 10.1 Å². The van der Waals surface area contributed by atoms with Crippen molar-refractivity contribution in [1.29, 1.82) is 0 Å². The molecule has 0 aliphatic carbocycles. The van der Waals surface area contributed by atoms with Crippen LogP contribution in [0.3, 0.4) is 0 Å². The predicted octanol–water partition coefficient (Wildman–Crippen LogP) is 2.98. The summed E-state index contributed by atoms with van der Waals surface area (Å²) >= 11 is 0. The summed E-state index contributed by atoms with van der Waals surface area (Å²) in [5.41, 5.74) is 1.05. The van der Waals surface area contributed by atoms with Crippen LogP contribution in [0.1, 0.15) is 11.4 Å². The Morgan fingerprint density at radius 3 is 2.55 bits per heavy atom. The van der Waals surface area contributed by atoms with Crippen LogP contribution in [-0.4, -0.2) is 15.1 Å². The zero-order valence-corrected chi connectivity index (χ0v) is 10.6. The van der Waals surface area contributed by atoms with Crippen molar-refractivity contribution in [2.24, 2.45) is 0 Å². The largest absolute Gasteiger partial charge is 0.507 e. The summed E-state index contributed by atoms with van der Waals surface area (Å²) in [6, 6.07) is 16.2. The number of para-hydroxylation sites is 1. The van der Waals surface area contributed by atoms with Crippen LogP contribution in [0.15, 0.2) is 59.4 Å². The topological polar surface area (TPSA) is 66.0 Å². The first kappa shape index (κ1) is 12.2. The van der Waals surface area contributed by atoms with Gasteiger partial charge in [-0.25, -0.2) is 4.98 Å². The number of H-pyrrole nitrogens is 1. The average molecular weight is 264 g/mol. The van der Waals surface area contributed by atoms with Crippen LogP contribution in [-0.2, 0) is 0 Å². The fraction of sp³-hybridized carbons (Fsp3) is 0. The summed E-state index contributed by atoms with van der Waals surface area (Å²) < 4.78 is 0. The quantitative estimate of drug-likeness (QED) is 0.699. The molecule has 4 nitrogen and oxygen atoms in total. The molecule has 0 bridgehead atoms. The third-order valence-electron chi connectivity index (χ3n) is 2.97. The molecular weight excluding hydrogens is 252 g/mol. The lowest BCUT2D eigenvalue weighted by Crippen LogP contribution is -2.09. The van der Waals surface area contributed by atoms with Gasteiger partial charge in [-0.3, -0.25) is 4.79 Å². The van der Waals surface area contributed by atoms with Crippen LogP contribution in [0, 0.1) is 0 Å². The molecule has 20 heavy (non-hydrogen) atoms. The summed E-state index contributed by atoms with van der Waals surface area (Å²) in [4.78, 5) is 18.9. The third kappa shape index (κ3) is 2.31. The van der Waals surface area contributed by atoms with E-state index < -0.39 is 0 Å². The van der Waals surface area contributed by atoms with Crippen LogP contribution in [0.25, 0.3) is 22.7 Å². The summed E-state index contributed by atoms with van der Waals surface area (Å²) in [6.45, 7) is 0. The number of aromatic amines is 1. The average Bonchev–Trinajstić information content (AvgIpc) is 2.48. The molecule has 0 fully saturated rings. The van der Waals surface area contributed by atoms with Gasteiger partial charge in [0.25, 0.3) is 5.56 Å². The first-order valence-corrected chi connectivity index (χ1v) is 6.19. The standard InChI is InChI=1S/C16H12N2O2/c19-14(11-6-2-1-3-7-11)10-15-17-13-9-5-4-8-12(13)16(20)18-15/h1-10,19H,(H,17,18,20)/b14-10-. The number of hydrogen-bond donors (Lipinski definition) is 2. The van der Waals surface area contributed by atoms with E-state index in [1.165, 1.54) is 6.08 Å². The molecule has 0 aliphatic rings. The predicted molar refractivity (Wildman–Crippen MR) is 79.3 cm³/mol. The third-order valence-corrected chi connectivity index (χ3v) is 2.97. The van der Waals surface area contributed by atoms with Crippen molar-refractivity contribution < 1.29 is 5.11 Å². The summed E-state index contributed by atoms with van der Waals surface area (Å²) in [7, 11) is 0. The first-order chi connectivity index (χ1) is 9.74. The lowest BCUT2D eigenvalue weighted by molar-refractivity contribution is 0.515. The van der Waals surface area contributed by atoms with E-state index in [9.17, 15) is 9.90 Å². The highest BCUT2D eigenvalue weighted by molar-refractivity contribution is 5.80. The van der Waals surface area contributed by atoms with Gasteiger partial charge in [-0.1, -0.05) is 42.5 Å². The van der Waals surface area contributed by atoms with E-state index in [-0.39, 0.29) is 11.3 Å². The van der Waals surface area contributed by atoms with Crippen LogP contribution in [0.4, 0.5) is 0 Å². The van der Waals surface area contributed by atoms with E-state index in [0.29, 0.717) is 22.3 Å². The van der Waals surface area contributed by atoms with Gasteiger partial charge in [0.1, 0.15) is 11.6 Å². The highest BCUT2D eigenvalue weighted by atomic mass is 16.3. The normalized spacial score (nSPS) is 11.7. The molecule has 0 saturated carbocycles. The number of aromatic nitrogens is 2. The zero-order chi connectivity index (χ0) is 13.9. The van der Waals surface area contributed by atoms with Gasteiger partial charge in [0.05, 0.1) is 10.9 Å². The molecule has 0 atom stereocenters. The Balaban J connectivity index is 2.09. The molecular formula is C16H12N2O2. The Morgan fingerprint density at radius 2 is 1.75 bits per heavy atom. The molecule has 1 heterocycles. The molecule has 2 aromatic carbocycles. The van der Waals surface area contributed by atoms with Crippen molar-refractivity contribution in [3.8, 4) is 0 Å². The van der Waals surface area contributed by atoms with E-state index in [4.69, 9.17) is 0 Å². The Bertz CT molecular complexity index is 836. The Labute approximate surface area is 115 Å². The summed E-state index contributed by atoms with van der Waals surface area (Å²) in [6.07, 6.45) is 1.45. The SMILES string of the molecule is O=c1[nH]c(/C=C(\O)c2ccccc2)nc2ccccc12. The van der Waals surface area contributed by atoms with E-state index >= 15 is 0 Å². The van der Waals surface area contributed by atoms with E-state index in [2.05, 4.69) is 9.97 Å². The van der Waals surface area contributed by atoms with E-state index in [1.54, 1.807) is 30.3 Å². The van der Waals surface area contributed by atoms with E-state index in [1.807, 2.05) is 24.3 Å². The number of hydrogen-bond acceptors (Lipinski definition) is 3. The number of aliphatic hydroxyl groups excluding tert-OH is 1. The number of fused-ring (bicyclic) bond motifs is 1. The Morgan fingerprint density at radius 1 is 1.05 bits per heavy atom. The second kappa shape index (κ2) is 5.01. The van der Waals surface area contributed by atoms with Crippen LogP contribution < -0.4 is 5.56 Å². The van der Waals surface area contributed by atoms with Gasteiger partial charge in [-0.05, 0) is 12.1 Å². The molecule has 0 spiro atoms. The second-order valence-electron chi connectivity index (χ2n) is 4.36. The maximum atomic E-state index is 11.9. The van der Waals surface area contributed by atoms with Gasteiger partial charge in [0.15, 0.2) is 0 Å². The molecule has 0 saturated heterocycles. The van der Waals surface area contributed by atoms with Crippen molar-refractivity contribution in [3.63, 3.8) is 0 Å². The van der Waals surface area contributed by atoms with Crippen molar-refractivity contribution >= 4 is 22.7 Å². The molecule has 2 N–H and O–H groups in total. The van der Waals surface area contributed by atoms with Crippen molar-refractivity contribution in [2.75, 3.05) is 0 Å². The molecule has 3 rings (SSSR count). The van der Waals surface area contributed by atoms with Gasteiger partial charge in [-0.2, -0.15) is 0 Å². The van der Waals surface area contributed by atoms with Crippen molar-refractivity contribution in [3.05, 3.63) is 76.3 Å².